The van der Waals surface area contributed by atoms with Crippen LogP contribution in [0.2, 0.25) is 0 Å². The molecular formula is C19H22F4N6O3. The molecule has 0 aliphatic rings. The Kier molecular flexibility index (Phi) is 7.78. The molecule has 1 aromatic carbocycles. The van der Waals surface area contributed by atoms with Gasteiger partial charge < -0.3 is 21.3 Å². The van der Waals surface area contributed by atoms with Gasteiger partial charge in [0.1, 0.15) is 18.1 Å². The van der Waals surface area contributed by atoms with Crippen LogP contribution in [0.4, 0.5) is 28.9 Å². The zero-order valence-corrected chi connectivity index (χ0v) is 17.3. The Bertz CT molecular complexity index is 1010. The summed E-state index contributed by atoms with van der Waals surface area (Å²) < 4.78 is 54.3. The average molecular weight is 458 g/mol. The predicted octanol–water partition coefficient (Wildman–Crippen LogP) is 1.44. The van der Waals surface area contributed by atoms with E-state index in [0.29, 0.717) is 6.54 Å². The normalized spacial score (nSPS) is 11.2. The maximum Gasteiger partial charge on any atom is 0.405 e. The van der Waals surface area contributed by atoms with Crippen molar-refractivity contribution in [3.8, 4) is 0 Å². The van der Waals surface area contributed by atoms with E-state index in [4.69, 9.17) is 5.73 Å². The van der Waals surface area contributed by atoms with Crippen LogP contribution in [0, 0.1) is 5.82 Å². The Morgan fingerprint density at radius 3 is 2.53 bits per heavy atom. The van der Waals surface area contributed by atoms with Gasteiger partial charge in [0.2, 0.25) is 11.8 Å². The van der Waals surface area contributed by atoms with E-state index in [-0.39, 0.29) is 16.9 Å². The van der Waals surface area contributed by atoms with Crippen LogP contribution in [-0.2, 0) is 22.6 Å². The largest absolute Gasteiger partial charge is 0.405 e. The molecule has 0 saturated heterocycles. The monoisotopic (exact) mass is 458 g/mol. The van der Waals surface area contributed by atoms with E-state index in [1.54, 1.807) is 6.92 Å². The number of hydrogen-bond donors (Lipinski definition) is 3. The van der Waals surface area contributed by atoms with Crippen molar-refractivity contribution in [3.05, 3.63) is 41.5 Å². The smallest absolute Gasteiger partial charge is 0.369 e. The molecule has 9 nitrogen and oxygen atoms in total. The van der Waals surface area contributed by atoms with Gasteiger partial charge in [-0.05, 0) is 30.7 Å². The predicted molar refractivity (Wildman–Crippen MR) is 107 cm³/mol. The van der Waals surface area contributed by atoms with Crippen LogP contribution >= 0.6 is 0 Å². The number of alkyl halides is 3. The average Bonchev–Trinajstić information content (AvgIpc) is 3.15. The van der Waals surface area contributed by atoms with E-state index in [1.165, 1.54) is 16.9 Å². The molecule has 13 heteroatoms. The SMILES string of the molecule is CCn1nccc1C(=O)NCC(=O)Nc1cc(N(C)CC(F)(F)F)c(CC(N)=O)cc1F. The zero-order valence-electron chi connectivity index (χ0n) is 17.3. The first-order valence-electron chi connectivity index (χ1n) is 9.39. The molecule has 2 rings (SSSR count). The van der Waals surface area contributed by atoms with Crippen molar-refractivity contribution in [1.82, 2.24) is 15.1 Å². The zero-order chi connectivity index (χ0) is 24.1. The molecule has 0 fully saturated rings. The Morgan fingerprint density at radius 2 is 1.94 bits per heavy atom. The van der Waals surface area contributed by atoms with Gasteiger partial charge in [0.15, 0.2) is 0 Å². The molecule has 0 bridgehead atoms. The molecule has 3 amide bonds. The molecule has 1 aromatic heterocycles. The van der Waals surface area contributed by atoms with Crippen molar-refractivity contribution in [2.24, 2.45) is 5.73 Å². The molecule has 0 aliphatic heterocycles. The number of rotatable bonds is 9. The fourth-order valence-corrected chi connectivity index (χ4v) is 2.96. The fraction of sp³-hybridized carbons (Fsp3) is 0.368. The lowest BCUT2D eigenvalue weighted by molar-refractivity contribution is -0.119. The second-order valence-corrected chi connectivity index (χ2v) is 6.84. The van der Waals surface area contributed by atoms with Gasteiger partial charge in [-0.15, -0.1) is 0 Å². The third kappa shape index (κ3) is 6.68. The molecule has 1 heterocycles. The Hall–Kier alpha value is -3.64. The number of carbonyl (C=O) groups is 3. The molecule has 0 atom stereocenters. The van der Waals surface area contributed by atoms with Crippen molar-refractivity contribution in [3.63, 3.8) is 0 Å². The molecule has 32 heavy (non-hydrogen) atoms. The third-order valence-corrected chi connectivity index (χ3v) is 4.29. The number of aromatic nitrogens is 2. The van der Waals surface area contributed by atoms with Gasteiger partial charge >= 0.3 is 6.18 Å². The number of amides is 3. The number of nitrogens with zero attached hydrogens (tertiary/aromatic N) is 3. The van der Waals surface area contributed by atoms with E-state index in [0.717, 1.165) is 24.1 Å². The highest BCUT2D eigenvalue weighted by Crippen LogP contribution is 2.30. The maximum atomic E-state index is 14.5. The third-order valence-electron chi connectivity index (χ3n) is 4.29. The Labute approximate surface area is 180 Å². The van der Waals surface area contributed by atoms with Gasteiger partial charge in [-0.3, -0.25) is 19.1 Å². The number of nitrogens with two attached hydrogens (primary N) is 1. The molecule has 0 spiro atoms. The van der Waals surface area contributed by atoms with Crippen LogP contribution in [0.25, 0.3) is 0 Å². The maximum absolute atomic E-state index is 14.5. The van der Waals surface area contributed by atoms with Crippen LogP contribution in [-0.4, -0.2) is 53.8 Å². The van der Waals surface area contributed by atoms with E-state index in [2.05, 4.69) is 15.7 Å². The van der Waals surface area contributed by atoms with Crippen LogP contribution in [0.5, 0.6) is 0 Å². The number of benzene rings is 1. The quantitative estimate of drug-likeness (QED) is 0.491. The molecule has 2 aromatic rings. The lowest BCUT2D eigenvalue weighted by Gasteiger charge is -2.24. The summed E-state index contributed by atoms with van der Waals surface area (Å²) in [4.78, 5) is 36.3. The number of primary amides is 1. The van der Waals surface area contributed by atoms with Crippen molar-refractivity contribution in [2.75, 3.05) is 30.4 Å². The van der Waals surface area contributed by atoms with Crippen LogP contribution in [0.3, 0.4) is 0 Å². The standard InChI is InChI=1S/C19H22F4N6O3/c1-3-29-14(4-5-26-29)18(32)25-9-17(31)27-13-8-15(28(2)10-19(21,22)23)11(6-12(13)20)7-16(24)30/h4-6,8H,3,7,9-10H2,1-2H3,(H2,24,30)(H,25,32)(H,27,31). The first-order valence-corrected chi connectivity index (χ1v) is 9.39. The van der Waals surface area contributed by atoms with Gasteiger partial charge in [-0.2, -0.15) is 18.3 Å². The molecule has 4 N–H and O–H groups in total. The number of hydrogen-bond acceptors (Lipinski definition) is 5. The van der Waals surface area contributed by atoms with E-state index in [1.807, 2.05) is 0 Å². The summed E-state index contributed by atoms with van der Waals surface area (Å²) in [5.74, 6) is -3.24. The summed E-state index contributed by atoms with van der Waals surface area (Å²) in [7, 11) is 1.11. The number of halogens is 4. The summed E-state index contributed by atoms with van der Waals surface area (Å²) in [6.45, 7) is 0.302. The van der Waals surface area contributed by atoms with Crippen molar-refractivity contribution in [2.45, 2.75) is 26.1 Å². The summed E-state index contributed by atoms with van der Waals surface area (Å²) >= 11 is 0. The molecule has 0 saturated carbocycles. The number of carbonyl (C=O) groups excluding carboxylic acids is 3. The van der Waals surface area contributed by atoms with Gasteiger partial charge in [-0.25, -0.2) is 4.39 Å². The van der Waals surface area contributed by atoms with Gasteiger partial charge in [0.05, 0.1) is 18.7 Å². The highest BCUT2D eigenvalue weighted by atomic mass is 19.4. The lowest BCUT2D eigenvalue weighted by Crippen LogP contribution is -2.34. The van der Waals surface area contributed by atoms with Gasteiger partial charge in [0, 0.05) is 25.5 Å². The summed E-state index contributed by atoms with van der Waals surface area (Å²) in [6, 6.07) is 3.27. The summed E-state index contributed by atoms with van der Waals surface area (Å²) in [5, 5.41) is 8.48. The molecular weight excluding hydrogens is 436 g/mol. The fourth-order valence-electron chi connectivity index (χ4n) is 2.96. The second kappa shape index (κ2) is 10.1. The minimum absolute atomic E-state index is 0.0686. The first-order chi connectivity index (χ1) is 14.9. The summed E-state index contributed by atoms with van der Waals surface area (Å²) in [5.41, 5.74) is 4.70. The number of aryl methyl sites for hydroxylation is 1. The molecule has 0 unspecified atom stereocenters. The van der Waals surface area contributed by atoms with E-state index < -0.39 is 54.9 Å². The van der Waals surface area contributed by atoms with Crippen LogP contribution < -0.4 is 21.3 Å². The van der Waals surface area contributed by atoms with Gasteiger partial charge in [0.25, 0.3) is 5.91 Å². The van der Waals surface area contributed by atoms with E-state index >= 15 is 0 Å². The molecule has 174 valence electrons. The second-order valence-electron chi connectivity index (χ2n) is 6.84. The van der Waals surface area contributed by atoms with Crippen molar-refractivity contribution in [1.29, 1.82) is 0 Å². The highest BCUT2D eigenvalue weighted by molar-refractivity contribution is 5.98. The van der Waals surface area contributed by atoms with Gasteiger partial charge in [-0.1, -0.05) is 0 Å². The molecule has 0 radical (unpaired) electrons. The minimum atomic E-state index is -4.56. The summed E-state index contributed by atoms with van der Waals surface area (Å²) in [6.07, 6.45) is -3.64. The van der Waals surface area contributed by atoms with Crippen molar-refractivity contribution < 1.29 is 31.9 Å². The Morgan fingerprint density at radius 1 is 1.25 bits per heavy atom. The number of nitrogens with one attached hydrogen (secondary N) is 2. The molecule has 0 aliphatic carbocycles. The Balaban J connectivity index is 2.17. The van der Waals surface area contributed by atoms with Crippen molar-refractivity contribution >= 4 is 29.1 Å². The topological polar surface area (TPSA) is 122 Å². The minimum Gasteiger partial charge on any atom is -0.369 e. The van der Waals surface area contributed by atoms with E-state index in [9.17, 15) is 31.9 Å². The lowest BCUT2D eigenvalue weighted by atomic mass is 10.1. The van der Waals surface area contributed by atoms with Crippen LogP contribution in [0.1, 0.15) is 23.0 Å². The number of anilines is 2. The first kappa shape index (κ1) is 24.6. The highest BCUT2D eigenvalue weighted by Gasteiger charge is 2.30. The van der Waals surface area contributed by atoms with Crippen LogP contribution in [0.15, 0.2) is 24.4 Å².